The average Bonchev–Trinajstić information content (AvgIpc) is 3.36. The molecule has 5 rings (SSSR count). The summed E-state index contributed by atoms with van der Waals surface area (Å²) in [7, 11) is 0. The Labute approximate surface area is 205 Å². The first kappa shape index (κ1) is 22.1. The second-order valence-corrected chi connectivity index (χ2v) is 8.66. The topological polar surface area (TPSA) is 55.2 Å². The molecule has 4 aromatic rings. The molecule has 0 amide bonds. The van der Waals surface area contributed by atoms with Gasteiger partial charge in [0.1, 0.15) is 11.6 Å². The van der Waals surface area contributed by atoms with Gasteiger partial charge in [-0.05, 0) is 93.1 Å². The molecule has 0 aliphatic carbocycles. The quantitative estimate of drug-likeness (QED) is 0.379. The van der Waals surface area contributed by atoms with Gasteiger partial charge >= 0.3 is 0 Å². The molecule has 0 bridgehead atoms. The van der Waals surface area contributed by atoms with Gasteiger partial charge in [-0.1, -0.05) is 12.1 Å². The van der Waals surface area contributed by atoms with E-state index < -0.39 is 0 Å². The van der Waals surface area contributed by atoms with Gasteiger partial charge in [-0.15, -0.1) is 0 Å². The molecule has 1 fully saturated rings. The summed E-state index contributed by atoms with van der Waals surface area (Å²) >= 11 is 5.87. The van der Waals surface area contributed by atoms with Gasteiger partial charge in [0.25, 0.3) is 0 Å². The Hall–Kier alpha value is -3.71. The Morgan fingerprint density at radius 2 is 1.71 bits per heavy atom. The van der Waals surface area contributed by atoms with Gasteiger partial charge in [0.15, 0.2) is 5.11 Å². The predicted octanol–water partition coefficient (Wildman–Crippen LogP) is 5.46. The van der Waals surface area contributed by atoms with Crippen LogP contribution in [-0.2, 0) is 0 Å². The minimum absolute atomic E-state index is 0.0796. The van der Waals surface area contributed by atoms with Crippen molar-refractivity contribution in [2.45, 2.75) is 32.9 Å². The van der Waals surface area contributed by atoms with E-state index in [1.165, 1.54) is 5.56 Å². The van der Waals surface area contributed by atoms with Crippen LogP contribution in [0.25, 0.3) is 5.82 Å². The summed E-state index contributed by atoms with van der Waals surface area (Å²) in [5, 5.41) is 4.22. The molecule has 2 atom stereocenters. The molecule has 1 aliphatic rings. The third-order valence-corrected chi connectivity index (χ3v) is 6.51. The zero-order chi connectivity index (χ0) is 23.7. The highest BCUT2D eigenvalue weighted by atomic mass is 32.1. The lowest BCUT2D eigenvalue weighted by Gasteiger charge is -2.28. The Kier molecular flexibility index (Phi) is 6.02. The Morgan fingerprint density at radius 1 is 0.971 bits per heavy atom. The van der Waals surface area contributed by atoms with Crippen LogP contribution in [0.1, 0.15) is 41.7 Å². The van der Waals surface area contributed by atoms with E-state index in [9.17, 15) is 0 Å². The average molecular weight is 470 g/mol. The Bertz CT molecular complexity index is 1290. The van der Waals surface area contributed by atoms with Crippen LogP contribution in [0.4, 0.5) is 5.69 Å². The zero-order valence-corrected chi connectivity index (χ0v) is 20.3. The molecule has 0 radical (unpaired) electrons. The van der Waals surface area contributed by atoms with Gasteiger partial charge in [-0.3, -0.25) is 4.98 Å². The van der Waals surface area contributed by atoms with Crippen LogP contribution < -0.4 is 15.0 Å². The molecule has 1 saturated heterocycles. The maximum absolute atomic E-state index is 5.87. The molecule has 0 unspecified atom stereocenters. The minimum atomic E-state index is -0.0991. The van der Waals surface area contributed by atoms with Crippen LogP contribution in [0.3, 0.4) is 0 Å². The number of thiocarbonyl (C=S) groups is 1. The number of benzene rings is 1. The smallest absolute Gasteiger partial charge is 0.174 e. The highest BCUT2D eigenvalue weighted by molar-refractivity contribution is 7.80. The lowest BCUT2D eigenvalue weighted by atomic mass is 9.96. The number of nitrogens with one attached hydrogen (secondary N) is 1. The summed E-state index contributed by atoms with van der Waals surface area (Å²) in [5.41, 5.74) is 5.39. The fraction of sp³-hybridized carbons (Fsp3) is 0.222. The molecule has 34 heavy (non-hydrogen) atoms. The number of aromatic nitrogens is 3. The van der Waals surface area contributed by atoms with Crippen LogP contribution in [0.15, 0.2) is 79.1 Å². The maximum atomic E-state index is 5.87. The van der Waals surface area contributed by atoms with Crippen molar-refractivity contribution in [3.63, 3.8) is 0 Å². The van der Waals surface area contributed by atoms with Crippen molar-refractivity contribution in [2.24, 2.45) is 0 Å². The molecule has 1 aromatic carbocycles. The SMILES string of the molecule is CCOc1ccc(N2C(=S)N[C@@H](c3ccccn3)[C@H]2c2cc(C)n(-c3ccccn3)c2C)cc1. The van der Waals surface area contributed by atoms with Crippen LogP contribution in [0.2, 0.25) is 0 Å². The third kappa shape index (κ3) is 3.92. The molecule has 7 heteroatoms. The van der Waals surface area contributed by atoms with Crippen LogP contribution in [-0.4, -0.2) is 26.3 Å². The number of ether oxygens (including phenoxy) is 1. The number of pyridine rings is 2. The number of anilines is 1. The Balaban J connectivity index is 1.64. The summed E-state index contributed by atoms with van der Waals surface area (Å²) in [5.74, 6) is 1.75. The van der Waals surface area contributed by atoms with E-state index in [-0.39, 0.29) is 12.1 Å². The van der Waals surface area contributed by atoms with E-state index >= 15 is 0 Å². The van der Waals surface area contributed by atoms with Crippen LogP contribution >= 0.6 is 12.2 Å². The van der Waals surface area contributed by atoms with E-state index in [0.717, 1.165) is 34.3 Å². The zero-order valence-electron chi connectivity index (χ0n) is 19.5. The van der Waals surface area contributed by atoms with E-state index in [0.29, 0.717) is 11.7 Å². The summed E-state index contributed by atoms with van der Waals surface area (Å²) in [4.78, 5) is 11.4. The van der Waals surface area contributed by atoms with Crippen molar-refractivity contribution < 1.29 is 4.74 Å². The van der Waals surface area contributed by atoms with Gasteiger partial charge in [0.2, 0.25) is 0 Å². The van der Waals surface area contributed by atoms with E-state index in [4.69, 9.17) is 17.0 Å². The number of nitrogens with zero attached hydrogens (tertiary/aromatic N) is 4. The molecule has 1 N–H and O–H groups in total. The van der Waals surface area contributed by atoms with Crippen molar-refractivity contribution in [3.8, 4) is 11.6 Å². The molecule has 172 valence electrons. The normalized spacial score (nSPS) is 17.6. The molecular weight excluding hydrogens is 442 g/mol. The Morgan fingerprint density at radius 3 is 2.35 bits per heavy atom. The molecular formula is C27H27N5OS. The third-order valence-electron chi connectivity index (χ3n) is 6.19. The van der Waals surface area contributed by atoms with Gasteiger partial charge < -0.3 is 19.5 Å². The molecule has 4 heterocycles. The lowest BCUT2D eigenvalue weighted by molar-refractivity contribution is 0.340. The summed E-state index contributed by atoms with van der Waals surface area (Å²) in [6.07, 6.45) is 3.65. The number of aryl methyl sites for hydroxylation is 1. The monoisotopic (exact) mass is 469 g/mol. The second-order valence-electron chi connectivity index (χ2n) is 8.27. The molecule has 6 nitrogen and oxygen atoms in total. The van der Waals surface area contributed by atoms with Gasteiger partial charge in [-0.25, -0.2) is 4.98 Å². The summed E-state index contributed by atoms with van der Waals surface area (Å²) < 4.78 is 7.85. The second kappa shape index (κ2) is 9.27. The molecule has 0 saturated carbocycles. The highest BCUT2D eigenvalue weighted by Crippen LogP contribution is 2.43. The number of hydrogen-bond donors (Lipinski definition) is 1. The van der Waals surface area contributed by atoms with Gasteiger partial charge in [0.05, 0.1) is 24.4 Å². The van der Waals surface area contributed by atoms with Crippen LogP contribution in [0, 0.1) is 13.8 Å². The van der Waals surface area contributed by atoms with E-state index in [1.54, 1.807) is 0 Å². The summed E-state index contributed by atoms with van der Waals surface area (Å²) in [6.45, 7) is 6.87. The molecule has 0 spiro atoms. The van der Waals surface area contributed by atoms with Crippen molar-refractivity contribution in [3.05, 3.63) is 102 Å². The first-order valence-electron chi connectivity index (χ1n) is 11.4. The highest BCUT2D eigenvalue weighted by Gasteiger charge is 2.42. The maximum Gasteiger partial charge on any atom is 0.174 e. The largest absolute Gasteiger partial charge is 0.494 e. The number of hydrogen-bond acceptors (Lipinski definition) is 4. The summed E-state index contributed by atoms with van der Waals surface area (Å²) in [6, 6.07) is 22.1. The van der Waals surface area contributed by atoms with Gasteiger partial charge in [0, 0.05) is 29.5 Å². The standard InChI is InChI=1S/C27H27N5OS/c1-4-33-21-13-11-20(12-14-21)32-26(25(30-27(32)34)23-9-5-7-15-28-23)22-17-18(2)31(19(22)3)24-10-6-8-16-29-24/h5-17,25-26H,4H2,1-3H3,(H,30,34)/t25-,26+/m0/s1. The predicted molar refractivity (Wildman–Crippen MR) is 139 cm³/mol. The first-order valence-corrected chi connectivity index (χ1v) is 11.8. The lowest BCUT2D eigenvalue weighted by Crippen LogP contribution is -2.29. The first-order chi connectivity index (χ1) is 16.6. The van der Waals surface area contributed by atoms with E-state index in [1.807, 2.05) is 67.8 Å². The minimum Gasteiger partial charge on any atom is -0.494 e. The van der Waals surface area contributed by atoms with E-state index in [2.05, 4.69) is 56.8 Å². The fourth-order valence-electron chi connectivity index (χ4n) is 4.74. The van der Waals surface area contributed by atoms with Gasteiger partial charge in [-0.2, -0.15) is 0 Å². The fourth-order valence-corrected chi connectivity index (χ4v) is 5.09. The van der Waals surface area contributed by atoms with Crippen molar-refractivity contribution >= 4 is 23.0 Å². The van der Waals surface area contributed by atoms with Crippen molar-refractivity contribution in [1.82, 2.24) is 19.9 Å². The molecule has 1 aliphatic heterocycles. The molecule has 3 aromatic heterocycles. The number of rotatable bonds is 6. The van der Waals surface area contributed by atoms with Crippen LogP contribution in [0.5, 0.6) is 5.75 Å². The van der Waals surface area contributed by atoms with Crippen molar-refractivity contribution in [2.75, 3.05) is 11.5 Å². The van der Waals surface area contributed by atoms with Crippen molar-refractivity contribution in [1.29, 1.82) is 0 Å².